The molecule has 2 heterocycles. The summed E-state index contributed by atoms with van der Waals surface area (Å²) in [6.45, 7) is 2.15. The molecule has 2 aromatic rings. The van der Waals surface area contributed by atoms with Gasteiger partial charge in [-0.1, -0.05) is 23.2 Å². The summed E-state index contributed by atoms with van der Waals surface area (Å²) in [5.74, 6) is -0.0180. The zero-order valence-corrected chi connectivity index (χ0v) is 16.2. The van der Waals surface area contributed by atoms with Crippen molar-refractivity contribution < 1.29 is 9.69 Å². The summed E-state index contributed by atoms with van der Waals surface area (Å²) in [5.41, 5.74) is 0.607. The molecule has 1 N–H and O–H groups in total. The predicted molar refractivity (Wildman–Crippen MR) is 102 cm³/mol. The van der Waals surface area contributed by atoms with Crippen molar-refractivity contribution in [2.24, 2.45) is 0 Å². The summed E-state index contributed by atoms with van der Waals surface area (Å²) < 4.78 is 1.16. The predicted octanol–water partition coefficient (Wildman–Crippen LogP) is 1.29. The molecular weight excluding hydrogens is 375 g/mol. The molecular formula is C18H21Cl2N4O2+. The SMILES string of the molecule is CN(C(=O)c1ccc(-n2ncc(Cl)c(Cl)c2=O)cc1)C1CC[NH+](C)CC1. The van der Waals surface area contributed by atoms with Crippen LogP contribution in [0.4, 0.5) is 0 Å². The minimum absolute atomic E-state index is 0.0180. The van der Waals surface area contributed by atoms with Crippen LogP contribution >= 0.6 is 23.2 Å². The Balaban J connectivity index is 1.78. The third-order valence-corrected chi connectivity index (χ3v) is 5.66. The summed E-state index contributed by atoms with van der Waals surface area (Å²) in [6.07, 6.45) is 3.34. The van der Waals surface area contributed by atoms with Crippen LogP contribution in [0, 0.1) is 0 Å². The molecule has 0 spiro atoms. The number of aromatic nitrogens is 2. The van der Waals surface area contributed by atoms with Crippen molar-refractivity contribution in [3.05, 3.63) is 56.4 Å². The Morgan fingerprint density at radius 2 is 1.85 bits per heavy atom. The number of carbonyl (C=O) groups is 1. The smallest absolute Gasteiger partial charge is 0.291 e. The molecule has 0 aliphatic carbocycles. The van der Waals surface area contributed by atoms with Crippen molar-refractivity contribution in [3.63, 3.8) is 0 Å². The minimum atomic E-state index is -0.496. The highest BCUT2D eigenvalue weighted by Gasteiger charge is 2.26. The van der Waals surface area contributed by atoms with Crippen LogP contribution in [0.5, 0.6) is 0 Å². The molecule has 0 atom stereocenters. The lowest BCUT2D eigenvalue weighted by Gasteiger charge is -2.33. The summed E-state index contributed by atoms with van der Waals surface area (Å²) in [7, 11) is 4.03. The minimum Gasteiger partial charge on any atom is -0.338 e. The zero-order valence-electron chi connectivity index (χ0n) is 14.7. The van der Waals surface area contributed by atoms with Gasteiger partial charge >= 0.3 is 0 Å². The van der Waals surface area contributed by atoms with Gasteiger partial charge in [0.25, 0.3) is 11.5 Å². The zero-order chi connectivity index (χ0) is 18.8. The molecule has 6 nitrogen and oxygen atoms in total. The standard InChI is InChI=1S/C18H20Cl2N4O2/c1-22-9-7-13(8-10-22)23(2)17(25)12-3-5-14(6-4-12)24-18(26)16(20)15(19)11-21-24/h3-6,11,13H,7-10H2,1-2H3/p+1. The molecule has 1 fully saturated rings. The highest BCUT2D eigenvalue weighted by atomic mass is 35.5. The number of amides is 1. The first-order chi connectivity index (χ1) is 12.4. The van der Waals surface area contributed by atoms with E-state index in [2.05, 4.69) is 12.1 Å². The number of hydrogen-bond acceptors (Lipinski definition) is 3. The summed E-state index contributed by atoms with van der Waals surface area (Å²) >= 11 is 11.7. The highest BCUT2D eigenvalue weighted by molar-refractivity contribution is 6.41. The number of quaternary nitrogens is 1. The second kappa shape index (κ2) is 7.78. The van der Waals surface area contributed by atoms with E-state index in [9.17, 15) is 9.59 Å². The van der Waals surface area contributed by atoms with E-state index < -0.39 is 5.56 Å². The van der Waals surface area contributed by atoms with Crippen LogP contribution in [-0.4, -0.2) is 53.8 Å². The Kier molecular flexibility index (Phi) is 5.65. The fraction of sp³-hybridized carbons (Fsp3) is 0.389. The number of nitrogens with zero attached hydrogens (tertiary/aromatic N) is 3. The quantitative estimate of drug-likeness (QED) is 0.851. The molecule has 3 rings (SSSR count). The van der Waals surface area contributed by atoms with Gasteiger partial charge in [0.15, 0.2) is 0 Å². The molecule has 1 aliphatic rings. The van der Waals surface area contributed by atoms with Crippen LogP contribution in [0.25, 0.3) is 5.69 Å². The molecule has 26 heavy (non-hydrogen) atoms. The molecule has 0 radical (unpaired) electrons. The van der Waals surface area contributed by atoms with Gasteiger partial charge in [-0.3, -0.25) is 9.59 Å². The van der Waals surface area contributed by atoms with Crippen molar-refractivity contribution >= 4 is 29.1 Å². The van der Waals surface area contributed by atoms with Crippen molar-refractivity contribution in [2.75, 3.05) is 27.2 Å². The van der Waals surface area contributed by atoms with Gasteiger partial charge in [-0.15, -0.1) is 0 Å². The topological polar surface area (TPSA) is 59.6 Å². The second-order valence-electron chi connectivity index (χ2n) is 6.67. The first kappa shape index (κ1) is 18.9. The maximum absolute atomic E-state index is 12.7. The number of carbonyl (C=O) groups excluding carboxylic acids is 1. The van der Waals surface area contributed by atoms with Gasteiger partial charge in [-0.25, -0.2) is 0 Å². The highest BCUT2D eigenvalue weighted by Crippen LogP contribution is 2.17. The maximum Gasteiger partial charge on any atom is 0.291 e. The Morgan fingerprint density at radius 1 is 1.23 bits per heavy atom. The van der Waals surface area contributed by atoms with Crippen LogP contribution in [0.1, 0.15) is 23.2 Å². The molecule has 138 valence electrons. The van der Waals surface area contributed by atoms with Gasteiger partial charge in [0.1, 0.15) is 5.02 Å². The molecule has 0 saturated carbocycles. The van der Waals surface area contributed by atoms with E-state index in [4.69, 9.17) is 23.2 Å². The summed E-state index contributed by atoms with van der Waals surface area (Å²) in [5, 5.41) is 4.02. The number of piperidine rings is 1. The van der Waals surface area contributed by atoms with Crippen molar-refractivity contribution in [2.45, 2.75) is 18.9 Å². The second-order valence-corrected chi connectivity index (χ2v) is 7.46. The Bertz CT molecular complexity index is 858. The largest absolute Gasteiger partial charge is 0.338 e. The van der Waals surface area contributed by atoms with E-state index >= 15 is 0 Å². The molecule has 1 amide bonds. The van der Waals surface area contributed by atoms with Gasteiger partial charge in [0.2, 0.25) is 0 Å². The van der Waals surface area contributed by atoms with Crippen LogP contribution < -0.4 is 10.5 Å². The average molecular weight is 396 g/mol. The normalized spacial score (nSPS) is 20.0. The van der Waals surface area contributed by atoms with Gasteiger partial charge < -0.3 is 9.80 Å². The third-order valence-electron chi connectivity index (χ3n) is 4.91. The molecule has 1 aromatic heterocycles. The first-order valence-electron chi connectivity index (χ1n) is 8.50. The lowest BCUT2D eigenvalue weighted by Crippen LogP contribution is -3.10. The number of rotatable bonds is 3. The number of halogens is 2. The van der Waals surface area contributed by atoms with E-state index in [1.165, 1.54) is 11.1 Å². The number of likely N-dealkylation sites (tertiary alicyclic amines) is 1. The lowest BCUT2D eigenvalue weighted by molar-refractivity contribution is -0.885. The van der Waals surface area contributed by atoms with Gasteiger partial charge in [-0.2, -0.15) is 9.78 Å². The number of nitrogens with one attached hydrogen (secondary N) is 1. The molecule has 0 unspecified atom stereocenters. The van der Waals surface area contributed by atoms with Crippen LogP contribution in [0.2, 0.25) is 10.0 Å². The van der Waals surface area contributed by atoms with Crippen molar-refractivity contribution in [1.82, 2.24) is 14.7 Å². The Morgan fingerprint density at radius 3 is 2.46 bits per heavy atom. The molecule has 8 heteroatoms. The van der Waals surface area contributed by atoms with Crippen molar-refractivity contribution in [1.29, 1.82) is 0 Å². The van der Waals surface area contributed by atoms with E-state index in [1.54, 1.807) is 24.3 Å². The first-order valence-corrected chi connectivity index (χ1v) is 9.26. The summed E-state index contributed by atoms with van der Waals surface area (Å²) in [4.78, 5) is 28.2. The van der Waals surface area contributed by atoms with Crippen molar-refractivity contribution in [3.8, 4) is 5.69 Å². The van der Waals surface area contributed by atoms with E-state index in [0.29, 0.717) is 11.3 Å². The van der Waals surface area contributed by atoms with E-state index in [1.807, 2.05) is 11.9 Å². The molecule has 1 aromatic carbocycles. The van der Waals surface area contributed by atoms with Gasteiger partial charge in [0.05, 0.1) is 37.0 Å². The Labute approximate surface area is 161 Å². The molecule has 1 aliphatic heterocycles. The third kappa shape index (κ3) is 3.77. The maximum atomic E-state index is 12.7. The summed E-state index contributed by atoms with van der Waals surface area (Å²) in [6, 6.07) is 7.03. The number of hydrogen-bond donors (Lipinski definition) is 1. The molecule has 1 saturated heterocycles. The average Bonchev–Trinajstić information content (AvgIpc) is 2.66. The lowest BCUT2D eigenvalue weighted by atomic mass is 10.0. The van der Waals surface area contributed by atoms with Crippen LogP contribution in [-0.2, 0) is 0 Å². The van der Waals surface area contributed by atoms with Crippen LogP contribution in [0.3, 0.4) is 0 Å². The van der Waals surface area contributed by atoms with Gasteiger partial charge in [-0.05, 0) is 24.3 Å². The van der Waals surface area contributed by atoms with Gasteiger partial charge in [0, 0.05) is 31.5 Å². The van der Waals surface area contributed by atoms with Crippen LogP contribution in [0.15, 0.2) is 35.3 Å². The Hall–Kier alpha value is -1.89. The fourth-order valence-electron chi connectivity index (χ4n) is 3.19. The van der Waals surface area contributed by atoms with E-state index in [0.717, 1.165) is 30.6 Å². The molecule has 0 bridgehead atoms. The fourth-order valence-corrected chi connectivity index (χ4v) is 3.45. The van der Waals surface area contributed by atoms with E-state index in [-0.39, 0.29) is 22.0 Å². The monoisotopic (exact) mass is 395 g/mol. The number of benzene rings is 1.